The first-order valence-electron chi connectivity index (χ1n) is 3.85. The van der Waals surface area contributed by atoms with E-state index in [4.69, 9.17) is 0 Å². The van der Waals surface area contributed by atoms with Gasteiger partial charge >= 0.3 is 0 Å². The summed E-state index contributed by atoms with van der Waals surface area (Å²) in [4.78, 5) is -0.502. The minimum absolute atomic E-state index is 0.385. The van der Waals surface area contributed by atoms with E-state index >= 15 is 0 Å². The molecule has 0 spiro atoms. The van der Waals surface area contributed by atoms with E-state index in [0.717, 1.165) is 17.3 Å². The van der Waals surface area contributed by atoms with Gasteiger partial charge in [0.25, 0.3) is 0 Å². The highest BCUT2D eigenvalue weighted by Gasteiger charge is 2.30. The van der Waals surface area contributed by atoms with Crippen molar-refractivity contribution >= 4 is 23.5 Å². The predicted molar refractivity (Wildman–Crippen MR) is 54.2 cm³/mol. The molecule has 1 aliphatic rings. The Hall–Kier alpha value is 0.660. The molecule has 0 amide bonds. The molecule has 1 saturated heterocycles. The van der Waals surface area contributed by atoms with E-state index in [1.54, 1.807) is 11.8 Å². The molecule has 0 saturated carbocycles. The summed E-state index contributed by atoms with van der Waals surface area (Å²) in [6.45, 7) is 6.43. The normalized spacial score (nSPS) is 38.2. The molecule has 1 heterocycles. The van der Waals surface area contributed by atoms with E-state index in [1.807, 2.05) is 18.7 Å². The van der Waals surface area contributed by atoms with Crippen molar-refractivity contribution in [2.75, 3.05) is 17.3 Å². The molecule has 11 heavy (non-hydrogen) atoms. The van der Waals surface area contributed by atoms with Gasteiger partial charge in [-0.1, -0.05) is 13.8 Å². The maximum absolute atomic E-state index is 9.73. The van der Waals surface area contributed by atoms with Gasteiger partial charge in [-0.25, -0.2) is 0 Å². The lowest BCUT2D eigenvalue weighted by atomic mass is 10.0. The highest BCUT2D eigenvalue weighted by Crippen LogP contribution is 2.38. The molecule has 0 aliphatic carbocycles. The van der Waals surface area contributed by atoms with Crippen LogP contribution in [0, 0.1) is 5.41 Å². The highest BCUT2D eigenvalue weighted by atomic mass is 32.2. The smallest absolute Gasteiger partial charge is 0.116 e. The van der Waals surface area contributed by atoms with E-state index < -0.39 is 4.93 Å². The van der Waals surface area contributed by atoms with Gasteiger partial charge in [-0.3, -0.25) is 0 Å². The molecule has 1 N–H and O–H groups in total. The Kier molecular flexibility index (Phi) is 2.83. The largest absolute Gasteiger partial charge is 0.379 e. The lowest BCUT2D eigenvalue weighted by molar-refractivity contribution is 0.184. The van der Waals surface area contributed by atoms with E-state index in [2.05, 4.69) is 13.8 Å². The van der Waals surface area contributed by atoms with Gasteiger partial charge in [0.2, 0.25) is 0 Å². The van der Waals surface area contributed by atoms with Crippen LogP contribution in [-0.2, 0) is 0 Å². The third kappa shape index (κ3) is 3.26. The zero-order chi connectivity index (χ0) is 8.54. The number of hydrogen-bond acceptors (Lipinski definition) is 3. The van der Waals surface area contributed by atoms with Crippen LogP contribution in [0.4, 0.5) is 0 Å². The van der Waals surface area contributed by atoms with Crippen molar-refractivity contribution in [1.29, 1.82) is 0 Å². The Bertz CT molecular complexity index is 127. The Labute approximate surface area is 77.3 Å². The fourth-order valence-corrected chi connectivity index (χ4v) is 3.60. The van der Waals surface area contributed by atoms with Crippen LogP contribution < -0.4 is 0 Å². The molecule has 0 aromatic heterocycles. The number of rotatable bonds is 0. The van der Waals surface area contributed by atoms with Crippen molar-refractivity contribution in [3.8, 4) is 0 Å². The summed E-state index contributed by atoms with van der Waals surface area (Å²) in [6, 6.07) is 0. The zero-order valence-corrected chi connectivity index (χ0v) is 9.02. The van der Waals surface area contributed by atoms with Gasteiger partial charge in [0.15, 0.2) is 0 Å². The van der Waals surface area contributed by atoms with Gasteiger partial charge in [0.1, 0.15) is 4.93 Å². The van der Waals surface area contributed by atoms with Crippen LogP contribution in [0.5, 0.6) is 0 Å². The van der Waals surface area contributed by atoms with Crippen LogP contribution in [0.1, 0.15) is 20.8 Å². The summed E-state index contributed by atoms with van der Waals surface area (Å²) >= 11 is 3.54. The molecule has 0 aromatic carbocycles. The van der Waals surface area contributed by atoms with Crippen LogP contribution in [0.2, 0.25) is 0 Å². The SMILES string of the molecule is CC1(C)CSCC(C)(O)SC1. The minimum Gasteiger partial charge on any atom is -0.379 e. The van der Waals surface area contributed by atoms with Crippen molar-refractivity contribution in [2.45, 2.75) is 25.7 Å². The van der Waals surface area contributed by atoms with Gasteiger partial charge in [-0.2, -0.15) is 11.8 Å². The monoisotopic (exact) mass is 192 g/mol. The van der Waals surface area contributed by atoms with E-state index in [9.17, 15) is 5.11 Å². The van der Waals surface area contributed by atoms with E-state index in [-0.39, 0.29) is 0 Å². The second kappa shape index (κ2) is 3.19. The number of thioether (sulfide) groups is 2. The average molecular weight is 192 g/mol. The Morgan fingerprint density at radius 3 is 2.36 bits per heavy atom. The molecule has 1 unspecified atom stereocenters. The average Bonchev–Trinajstić information content (AvgIpc) is 1.92. The highest BCUT2D eigenvalue weighted by molar-refractivity contribution is 8.04. The summed E-state index contributed by atoms with van der Waals surface area (Å²) in [7, 11) is 0. The molecular weight excluding hydrogens is 176 g/mol. The Morgan fingerprint density at radius 2 is 1.73 bits per heavy atom. The van der Waals surface area contributed by atoms with E-state index in [1.165, 1.54) is 0 Å². The summed E-state index contributed by atoms with van der Waals surface area (Å²) in [5.74, 6) is 3.09. The molecule has 0 aromatic rings. The number of hydrogen-bond donors (Lipinski definition) is 1. The molecule has 1 rings (SSSR count). The first-order chi connectivity index (χ1) is 4.91. The Morgan fingerprint density at radius 1 is 1.09 bits per heavy atom. The maximum atomic E-state index is 9.73. The van der Waals surface area contributed by atoms with Crippen molar-refractivity contribution in [2.24, 2.45) is 5.41 Å². The van der Waals surface area contributed by atoms with Crippen molar-refractivity contribution < 1.29 is 5.11 Å². The topological polar surface area (TPSA) is 20.2 Å². The molecule has 1 atom stereocenters. The van der Waals surface area contributed by atoms with Gasteiger partial charge < -0.3 is 5.11 Å². The fraction of sp³-hybridized carbons (Fsp3) is 1.00. The second-order valence-electron chi connectivity index (χ2n) is 4.12. The van der Waals surface area contributed by atoms with Gasteiger partial charge in [0.05, 0.1) is 0 Å². The molecule has 1 aliphatic heterocycles. The third-order valence-corrected chi connectivity index (χ3v) is 5.26. The fourth-order valence-electron chi connectivity index (χ4n) is 0.951. The third-order valence-electron chi connectivity index (χ3n) is 1.64. The molecule has 0 bridgehead atoms. The Balaban J connectivity index is 2.53. The van der Waals surface area contributed by atoms with Crippen molar-refractivity contribution in [3.63, 3.8) is 0 Å². The summed E-state index contributed by atoms with van der Waals surface area (Å²) in [5.41, 5.74) is 0.385. The van der Waals surface area contributed by atoms with Crippen LogP contribution in [0.15, 0.2) is 0 Å². The van der Waals surface area contributed by atoms with Gasteiger partial charge in [-0.15, -0.1) is 11.8 Å². The number of aliphatic hydroxyl groups is 1. The second-order valence-corrected chi connectivity index (χ2v) is 6.56. The lowest BCUT2D eigenvalue weighted by Gasteiger charge is -2.22. The summed E-state index contributed by atoms with van der Waals surface area (Å²) in [6.07, 6.45) is 0. The zero-order valence-electron chi connectivity index (χ0n) is 7.39. The molecule has 1 nitrogen and oxygen atoms in total. The van der Waals surface area contributed by atoms with Crippen LogP contribution in [0.25, 0.3) is 0 Å². The lowest BCUT2D eigenvalue weighted by Crippen LogP contribution is -2.22. The van der Waals surface area contributed by atoms with Gasteiger partial charge in [0, 0.05) is 11.5 Å². The first-order valence-corrected chi connectivity index (χ1v) is 5.99. The van der Waals surface area contributed by atoms with Crippen LogP contribution in [-0.4, -0.2) is 27.3 Å². The van der Waals surface area contributed by atoms with Gasteiger partial charge in [-0.05, 0) is 18.1 Å². The van der Waals surface area contributed by atoms with Crippen LogP contribution in [0.3, 0.4) is 0 Å². The molecule has 66 valence electrons. The summed E-state index contributed by atoms with van der Waals surface area (Å²) in [5, 5.41) is 9.73. The van der Waals surface area contributed by atoms with Crippen LogP contribution >= 0.6 is 23.5 Å². The molecular formula is C8H16OS2. The molecule has 1 fully saturated rings. The standard InChI is InChI=1S/C8H16OS2/c1-7(2)4-10-6-8(3,9)11-5-7/h9H,4-6H2,1-3H3. The maximum Gasteiger partial charge on any atom is 0.116 e. The molecule has 3 heteroatoms. The predicted octanol–water partition coefficient (Wildman–Crippen LogP) is 2.20. The quantitative estimate of drug-likeness (QED) is 0.635. The van der Waals surface area contributed by atoms with E-state index in [0.29, 0.717) is 5.41 Å². The minimum atomic E-state index is -0.502. The first kappa shape index (κ1) is 9.75. The van der Waals surface area contributed by atoms with Crippen molar-refractivity contribution in [3.05, 3.63) is 0 Å². The summed E-state index contributed by atoms with van der Waals surface area (Å²) < 4.78 is 0. The van der Waals surface area contributed by atoms with Crippen molar-refractivity contribution in [1.82, 2.24) is 0 Å². The molecule has 0 radical (unpaired) electrons.